The summed E-state index contributed by atoms with van der Waals surface area (Å²) in [6.07, 6.45) is 1.98. The van der Waals surface area contributed by atoms with E-state index in [1.807, 2.05) is 41.0 Å². The molecule has 1 atom stereocenters. The molecule has 0 unspecified atom stereocenters. The van der Waals surface area contributed by atoms with E-state index in [-0.39, 0.29) is 18.9 Å². The number of aliphatic carboxylic acids is 1. The predicted octanol–water partition coefficient (Wildman–Crippen LogP) is 2.58. The third kappa shape index (κ3) is 3.33. The van der Waals surface area contributed by atoms with Gasteiger partial charge in [0.15, 0.2) is 0 Å². The first-order valence-electron chi connectivity index (χ1n) is 8.79. The molecular formula is C21H19N3O3. The molecule has 0 fully saturated rings. The lowest BCUT2D eigenvalue weighted by molar-refractivity contribution is -0.142. The molecular weight excluding hydrogens is 342 g/mol. The molecule has 4 rings (SSSR count). The normalized spacial score (nSPS) is 16.0. The van der Waals surface area contributed by atoms with Crippen molar-refractivity contribution in [1.29, 1.82) is 0 Å². The Morgan fingerprint density at radius 2 is 1.70 bits per heavy atom. The molecule has 2 aromatic carbocycles. The number of carbonyl (C=O) groups excluding carboxylic acids is 1. The number of fused-ring (bicyclic) bond motifs is 1. The molecule has 2 heterocycles. The van der Waals surface area contributed by atoms with Gasteiger partial charge in [-0.05, 0) is 17.7 Å². The van der Waals surface area contributed by atoms with E-state index in [0.29, 0.717) is 12.1 Å². The lowest BCUT2D eigenvalue weighted by Crippen LogP contribution is -2.49. The molecule has 3 aromatic rings. The first-order chi connectivity index (χ1) is 13.1. The first-order valence-corrected chi connectivity index (χ1v) is 8.79. The second-order valence-electron chi connectivity index (χ2n) is 6.61. The molecule has 1 aliphatic rings. The number of aromatic nitrogens is 2. The molecule has 1 amide bonds. The quantitative estimate of drug-likeness (QED) is 0.775. The molecule has 0 saturated carbocycles. The number of rotatable bonds is 4. The monoisotopic (exact) mass is 361 g/mol. The van der Waals surface area contributed by atoms with Gasteiger partial charge in [-0.25, -0.2) is 9.78 Å². The van der Waals surface area contributed by atoms with Crippen molar-refractivity contribution >= 4 is 11.9 Å². The van der Waals surface area contributed by atoms with E-state index in [0.717, 1.165) is 17.0 Å². The number of amides is 1. The summed E-state index contributed by atoms with van der Waals surface area (Å²) in [6.45, 7) is 0.823. The highest BCUT2D eigenvalue weighted by molar-refractivity contribution is 5.96. The van der Waals surface area contributed by atoms with Crippen LogP contribution in [0.3, 0.4) is 0 Å². The maximum absolute atomic E-state index is 12.9. The second kappa shape index (κ2) is 7.07. The van der Waals surface area contributed by atoms with Crippen molar-refractivity contribution in [3.05, 3.63) is 89.5 Å². The standard InChI is InChI=1S/C21H19N3O3/c25-20(16-9-5-2-6-10-16)24-13-17-18(11-19(24)21(26)27)23(14-22-17)12-15-7-3-1-4-8-15/h1-10,14,19H,11-13H2,(H,26,27)/t19-/m0/s1. The van der Waals surface area contributed by atoms with Crippen molar-refractivity contribution in [2.75, 3.05) is 0 Å². The van der Waals surface area contributed by atoms with Gasteiger partial charge >= 0.3 is 5.97 Å². The van der Waals surface area contributed by atoms with Crippen molar-refractivity contribution in [3.63, 3.8) is 0 Å². The summed E-state index contributed by atoms with van der Waals surface area (Å²) in [6, 6.07) is 17.8. The second-order valence-corrected chi connectivity index (χ2v) is 6.61. The van der Waals surface area contributed by atoms with E-state index >= 15 is 0 Å². The maximum Gasteiger partial charge on any atom is 0.326 e. The number of carboxylic acid groups (broad SMARTS) is 1. The lowest BCUT2D eigenvalue weighted by Gasteiger charge is -2.33. The summed E-state index contributed by atoms with van der Waals surface area (Å²) in [7, 11) is 0. The van der Waals surface area contributed by atoms with Gasteiger partial charge in [-0.2, -0.15) is 0 Å². The van der Waals surface area contributed by atoms with E-state index in [1.54, 1.807) is 30.6 Å². The van der Waals surface area contributed by atoms with Crippen LogP contribution in [0.25, 0.3) is 0 Å². The number of hydrogen-bond acceptors (Lipinski definition) is 3. The van der Waals surface area contributed by atoms with Gasteiger partial charge in [0.2, 0.25) is 0 Å². The minimum absolute atomic E-state index is 0.196. The Labute approximate surface area is 156 Å². The summed E-state index contributed by atoms with van der Waals surface area (Å²) in [4.78, 5) is 30.6. The van der Waals surface area contributed by atoms with Crippen molar-refractivity contribution in [2.45, 2.75) is 25.6 Å². The average molecular weight is 361 g/mol. The molecule has 27 heavy (non-hydrogen) atoms. The fraction of sp³-hybridized carbons (Fsp3) is 0.190. The number of benzene rings is 2. The predicted molar refractivity (Wildman–Crippen MR) is 99.2 cm³/mol. The van der Waals surface area contributed by atoms with Crippen LogP contribution in [0.1, 0.15) is 27.3 Å². The number of hydrogen-bond donors (Lipinski definition) is 1. The minimum atomic E-state index is -1.00. The van der Waals surface area contributed by atoms with Crippen molar-refractivity contribution in [1.82, 2.24) is 14.5 Å². The minimum Gasteiger partial charge on any atom is -0.480 e. The zero-order chi connectivity index (χ0) is 18.8. The fourth-order valence-corrected chi connectivity index (χ4v) is 3.48. The fourth-order valence-electron chi connectivity index (χ4n) is 3.48. The summed E-state index contributed by atoms with van der Waals surface area (Å²) < 4.78 is 1.98. The van der Waals surface area contributed by atoms with Crippen molar-refractivity contribution in [3.8, 4) is 0 Å². The van der Waals surface area contributed by atoms with Gasteiger partial charge in [0.1, 0.15) is 6.04 Å². The largest absolute Gasteiger partial charge is 0.480 e. The summed E-state index contributed by atoms with van der Waals surface area (Å²) in [5.41, 5.74) is 3.24. The van der Waals surface area contributed by atoms with Gasteiger partial charge in [-0.1, -0.05) is 48.5 Å². The molecule has 0 radical (unpaired) electrons. The van der Waals surface area contributed by atoms with Gasteiger partial charge in [0, 0.05) is 24.2 Å². The summed E-state index contributed by atoms with van der Waals surface area (Å²) in [5, 5.41) is 9.72. The van der Waals surface area contributed by atoms with Crippen LogP contribution in [0.4, 0.5) is 0 Å². The van der Waals surface area contributed by atoms with E-state index < -0.39 is 12.0 Å². The van der Waals surface area contributed by atoms with E-state index in [2.05, 4.69) is 4.98 Å². The van der Waals surface area contributed by atoms with Crippen molar-refractivity contribution < 1.29 is 14.7 Å². The molecule has 6 nitrogen and oxygen atoms in total. The molecule has 1 aromatic heterocycles. The van der Waals surface area contributed by atoms with E-state index in [1.165, 1.54) is 4.90 Å². The Hall–Kier alpha value is -3.41. The average Bonchev–Trinajstić information content (AvgIpc) is 3.09. The van der Waals surface area contributed by atoms with Crippen LogP contribution in [-0.2, 0) is 24.3 Å². The Balaban J connectivity index is 1.64. The Kier molecular flexibility index (Phi) is 4.46. The number of carboxylic acids is 1. The molecule has 1 N–H and O–H groups in total. The number of imidazole rings is 1. The number of carbonyl (C=O) groups is 2. The smallest absolute Gasteiger partial charge is 0.326 e. The topological polar surface area (TPSA) is 75.4 Å². The van der Waals surface area contributed by atoms with Gasteiger partial charge in [-0.3, -0.25) is 4.79 Å². The van der Waals surface area contributed by atoms with Crippen LogP contribution >= 0.6 is 0 Å². The molecule has 1 aliphatic heterocycles. The zero-order valence-electron chi connectivity index (χ0n) is 14.7. The molecule has 0 spiro atoms. The van der Waals surface area contributed by atoms with Crippen molar-refractivity contribution in [2.24, 2.45) is 0 Å². The molecule has 6 heteroatoms. The maximum atomic E-state index is 12.9. The van der Waals surface area contributed by atoms with Gasteiger partial charge in [0.25, 0.3) is 5.91 Å². The van der Waals surface area contributed by atoms with Crippen LogP contribution in [0.15, 0.2) is 67.0 Å². The SMILES string of the molecule is O=C(O)[C@@H]1Cc2c(ncn2Cc2ccccc2)CN1C(=O)c1ccccc1. The van der Waals surface area contributed by atoms with Gasteiger partial charge < -0.3 is 14.6 Å². The van der Waals surface area contributed by atoms with E-state index in [4.69, 9.17) is 0 Å². The van der Waals surface area contributed by atoms with Crippen LogP contribution in [0, 0.1) is 0 Å². The van der Waals surface area contributed by atoms with Crippen LogP contribution in [-0.4, -0.2) is 37.5 Å². The highest BCUT2D eigenvalue weighted by Gasteiger charge is 2.37. The van der Waals surface area contributed by atoms with Gasteiger partial charge in [-0.15, -0.1) is 0 Å². The Bertz CT molecular complexity index is 967. The number of nitrogens with zero attached hydrogens (tertiary/aromatic N) is 3. The first kappa shape index (κ1) is 17.0. The highest BCUT2D eigenvalue weighted by Crippen LogP contribution is 2.25. The van der Waals surface area contributed by atoms with E-state index in [9.17, 15) is 14.7 Å². The third-order valence-electron chi connectivity index (χ3n) is 4.88. The Morgan fingerprint density at radius 1 is 1.04 bits per heavy atom. The highest BCUT2D eigenvalue weighted by atomic mass is 16.4. The molecule has 0 bridgehead atoms. The van der Waals surface area contributed by atoms with Gasteiger partial charge in [0.05, 0.1) is 18.6 Å². The molecule has 0 aliphatic carbocycles. The summed E-state index contributed by atoms with van der Waals surface area (Å²) in [5.74, 6) is -1.29. The lowest BCUT2D eigenvalue weighted by atomic mass is 10.0. The van der Waals surface area contributed by atoms with Crippen LogP contribution < -0.4 is 0 Å². The third-order valence-corrected chi connectivity index (χ3v) is 4.88. The Morgan fingerprint density at radius 3 is 2.37 bits per heavy atom. The van der Waals surface area contributed by atoms with Crippen LogP contribution in [0.2, 0.25) is 0 Å². The van der Waals surface area contributed by atoms with Crippen LogP contribution in [0.5, 0.6) is 0 Å². The molecule has 136 valence electrons. The summed E-state index contributed by atoms with van der Waals surface area (Å²) >= 11 is 0. The molecule has 0 saturated heterocycles. The zero-order valence-corrected chi connectivity index (χ0v) is 14.7.